The maximum atomic E-state index is 12.7. The van der Waals surface area contributed by atoms with Gasteiger partial charge in [-0.2, -0.15) is 9.78 Å². The van der Waals surface area contributed by atoms with Gasteiger partial charge < -0.3 is 4.90 Å². The van der Waals surface area contributed by atoms with Gasteiger partial charge in [0.25, 0.3) is 0 Å². The van der Waals surface area contributed by atoms with Crippen LogP contribution in [0.15, 0.2) is 30.5 Å². The second kappa shape index (κ2) is 7.92. The lowest BCUT2D eigenvalue weighted by Gasteiger charge is -2.39. The minimum atomic E-state index is -0.145. The van der Waals surface area contributed by atoms with E-state index in [-0.39, 0.29) is 17.2 Å². The molecule has 0 atom stereocenters. The van der Waals surface area contributed by atoms with Gasteiger partial charge in [-0.15, -0.1) is 0 Å². The van der Waals surface area contributed by atoms with Gasteiger partial charge in [-0.25, -0.2) is 4.79 Å². The molecule has 1 spiro atoms. The van der Waals surface area contributed by atoms with Crippen molar-refractivity contribution in [2.45, 2.75) is 39.7 Å². The highest BCUT2D eigenvalue weighted by Crippen LogP contribution is 2.41. The molecule has 0 bridgehead atoms. The summed E-state index contributed by atoms with van der Waals surface area (Å²) < 4.78 is 1.29. The topological polar surface area (TPSA) is 58.4 Å². The van der Waals surface area contributed by atoms with Crippen LogP contribution in [0, 0.1) is 12.3 Å². The van der Waals surface area contributed by atoms with E-state index in [9.17, 15) is 9.59 Å². The Morgan fingerprint density at radius 3 is 2.55 bits per heavy atom. The van der Waals surface area contributed by atoms with Gasteiger partial charge in [0.15, 0.2) is 5.78 Å². The van der Waals surface area contributed by atoms with E-state index < -0.39 is 0 Å². The average molecular weight is 415 g/mol. The van der Waals surface area contributed by atoms with E-state index in [2.05, 4.69) is 22.1 Å². The molecule has 0 N–H and O–H groups in total. The first kappa shape index (κ1) is 20.1. The number of aryl methyl sites for hydroxylation is 1. The molecule has 0 unspecified atom stereocenters. The fourth-order valence-electron chi connectivity index (χ4n) is 4.58. The monoisotopic (exact) mass is 414 g/mol. The molecule has 2 saturated heterocycles. The van der Waals surface area contributed by atoms with Crippen LogP contribution >= 0.6 is 11.6 Å². The molecular formula is C22H27ClN4O2. The van der Waals surface area contributed by atoms with Crippen molar-refractivity contribution in [2.75, 3.05) is 26.2 Å². The predicted octanol–water partition coefficient (Wildman–Crippen LogP) is 4.00. The summed E-state index contributed by atoms with van der Waals surface area (Å²) in [6.45, 7) is 7.96. The minimum Gasteiger partial charge on any atom is -0.323 e. The van der Waals surface area contributed by atoms with Crippen molar-refractivity contribution in [1.29, 1.82) is 0 Å². The first-order chi connectivity index (χ1) is 13.9. The van der Waals surface area contributed by atoms with Crippen LogP contribution in [0.5, 0.6) is 0 Å². The molecule has 0 saturated carbocycles. The number of Topliss-reactive ketones (excluding diaryl/α,β-unsaturated/α-hetero) is 1. The van der Waals surface area contributed by atoms with E-state index in [1.54, 1.807) is 12.3 Å². The first-order valence-electron chi connectivity index (χ1n) is 10.2. The van der Waals surface area contributed by atoms with Gasteiger partial charge in [0, 0.05) is 44.3 Å². The molecule has 1 aromatic carbocycles. The van der Waals surface area contributed by atoms with Crippen molar-refractivity contribution in [3.05, 3.63) is 52.3 Å². The van der Waals surface area contributed by atoms with Crippen molar-refractivity contribution in [1.82, 2.24) is 19.6 Å². The van der Waals surface area contributed by atoms with Crippen molar-refractivity contribution >= 4 is 23.4 Å². The fraction of sp³-hybridized carbons (Fsp3) is 0.500. The van der Waals surface area contributed by atoms with E-state index in [1.165, 1.54) is 17.2 Å². The summed E-state index contributed by atoms with van der Waals surface area (Å²) >= 11 is 6.48. The summed E-state index contributed by atoms with van der Waals surface area (Å²) in [6, 6.07) is 7.67. The number of aromatic nitrogens is 2. The van der Waals surface area contributed by atoms with Crippen LogP contribution in [-0.4, -0.2) is 57.6 Å². The van der Waals surface area contributed by atoms with Gasteiger partial charge in [-0.05, 0) is 55.3 Å². The van der Waals surface area contributed by atoms with E-state index >= 15 is 0 Å². The van der Waals surface area contributed by atoms with E-state index in [1.807, 2.05) is 17.9 Å². The van der Waals surface area contributed by atoms with E-state index in [4.69, 9.17) is 11.6 Å². The second-order valence-electron chi connectivity index (χ2n) is 8.48. The molecule has 2 fully saturated rings. The van der Waals surface area contributed by atoms with Crippen molar-refractivity contribution in [3.8, 4) is 0 Å². The number of halogens is 1. The number of rotatable bonds is 3. The Kier molecular flexibility index (Phi) is 5.49. The molecule has 3 heterocycles. The van der Waals surface area contributed by atoms with Gasteiger partial charge in [0.1, 0.15) is 5.69 Å². The quantitative estimate of drug-likeness (QED) is 0.712. The van der Waals surface area contributed by atoms with Gasteiger partial charge in [0.05, 0.1) is 0 Å². The van der Waals surface area contributed by atoms with Crippen LogP contribution in [0.1, 0.15) is 47.8 Å². The molecule has 4 rings (SSSR count). The molecule has 29 heavy (non-hydrogen) atoms. The van der Waals surface area contributed by atoms with Crippen molar-refractivity contribution in [2.24, 2.45) is 5.41 Å². The maximum absolute atomic E-state index is 12.7. The standard InChI is InChI=1S/C22H27ClN4O2/c1-16-4-3-5-18(20(16)23)14-25-11-7-22(15-25)8-12-26(13-9-22)21(29)27-10-6-19(24-27)17(2)28/h3-6,10H,7-9,11-15H2,1-2H3. The largest absolute Gasteiger partial charge is 0.344 e. The number of hydrogen-bond donors (Lipinski definition) is 0. The highest BCUT2D eigenvalue weighted by molar-refractivity contribution is 6.32. The summed E-state index contributed by atoms with van der Waals surface area (Å²) in [7, 11) is 0. The summed E-state index contributed by atoms with van der Waals surface area (Å²) in [5, 5.41) is 4.98. The Balaban J connectivity index is 1.35. The molecule has 2 aromatic rings. The Hall–Kier alpha value is -2.18. The molecule has 0 aliphatic carbocycles. The molecule has 1 aromatic heterocycles. The van der Waals surface area contributed by atoms with Crippen molar-refractivity contribution < 1.29 is 9.59 Å². The summed E-state index contributed by atoms with van der Waals surface area (Å²) in [5.41, 5.74) is 2.92. The molecular weight excluding hydrogens is 388 g/mol. The summed E-state index contributed by atoms with van der Waals surface area (Å²) in [4.78, 5) is 28.5. The number of benzene rings is 1. The number of piperidine rings is 1. The van der Waals surface area contributed by atoms with Gasteiger partial charge in [-0.1, -0.05) is 29.8 Å². The lowest BCUT2D eigenvalue weighted by molar-refractivity contribution is 0.101. The maximum Gasteiger partial charge on any atom is 0.344 e. The zero-order chi connectivity index (χ0) is 20.6. The summed E-state index contributed by atoms with van der Waals surface area (Å²) in [6.07, 6.45) is 4.73. The third kappa shape index (κ3) is 4.09. The smallest absolute Gasteiger partial charge is 0.323 e. The molecule has 0 radical (unpaired) electrons. The van der Waals surface area contributed by atoms with E-state index in [0.29, 0.717) is 5.69 Å². The molecule has 7 heteroatoms. The number of ketones is 1. The third-order valence-corrected chi connectivity index (χ3v) is 6.96. The number of likely N-dealkylation sites (tertiary alicyclic amines) is 2. The minimum absolute atomic E-state index is 0.131. The highest BCUT2D eigenvalue weighted by atomic mass is 35.5. The number of carbonyl (C=O) groups is 2. The Morgan fingerprint density at radius 1 is 1.14 bits per heavy atom. The fourth-order valence-corrected chi connectivity index (χ4v) is 4.76. The number of nitrogens with zero attached hydrogens (tertiary/aromatic N) is 4. The Bertz CT molecular complexity index is 931. The van der Waals surface area contributed by atoms with Crippen molar-refractivity contribution in [3.63, 3.8) is 0 Å². The van der Waals surface area contributed by atoms with Gasteiger partial charge >= 0.3 is 6.03 Å². The Morgan fingerprint density at radius 2 is 1.86 bits per heavy atom. The molecule has 2 aliphatic heterocycles. The van der Waals surface area contributed by atoms with Crippen LogP contribution in [0.25, 0.3) is 0 Å². The normalized spacial score (nSPS) is 19.1. The van der Waals surface area contributed by atoms with Gasteiger partial charge in [-0.3, -0.25) is 9.69 Å². The van der Waals surface area contributed by atoms with Gasteiger partial charge in [0.2, 0.25) is 0 Å². The molecule has 6 nitrogen and oxygen atoms in total. The highest BCUT2D eigenvalue weighted by Gasteiger charge is 2.41. The van der Waals surface area contributed by atoms with Crippen LogP contribution in [-0.2, 0) is 6.54 Å². The predicted molar refractivity (Wildman–Crippen MR) is 112 cm³/mol. The van der Waals surface area contributed by atoms with E-state index in [0.717, 1.165) is 62.6 Å². The summed E-state index contributed by atoms with van der Waals surface area (Å²) in [5.74, 6) is -0.131. The average Bonchev–Trinajstić information content (AvgIpc) is 3.34. The third-order valence-electron chi connectivity index (χ3n) is 6.42. The molecule has 154 valence electrons. The SMILES string of the molecule is CC(=O)c1ccn(C(=O)N2CCC3(CCN(Cc4cccc(C)c4Cl)C3)CC2)n1. The van der Waals surface area contributed by atoms with Crippen LogP contribution in [0.2, 0.25) is 5.02 Å². The number of carbonyl (C=O) groups excluding carboxylic acids is 2. The lowest BCUT2D eigenvalue weighted by atomic mass is 9.78. The number of hydrogen-bond acceptors (Lipinski definition) is 4. The zero-order valence-corrected chi connectivity index (χ0v) is 17.8. The number of amides is 1. The first-order valence-corrected chi connectivity index (χ1v) is 10.6. The Labute approximate surface area is 176 Å². The van der Waals surface area contributed by atoms with Crippen LogP contribution in [0.4, 0.5) is 4.79 Å². The molecule has 2 aliphatic rings. The lowest BCUT2D eigenvalue weighted by Crippen LogP contribution is -2.45. The van der Waals surface area contributed by atoms with Crippen LogP contribution < -0.4 is 0 Å². The van der Waals surface area contributed by atoms with Crippen LogP contribution in [0.3, 0.4) is 0 Å². The second-order valence-corrected chi connectivity index (χ2v) is 8.86. The zero-order valence-electron chi connectivity index (χ0n) is 17.0. The molecule has 1 amide bonds.